The van der Waals surface area contributed by atoms with Gasteiger partial charge in [-0.1, -0.05) is 13.3 Å². The van der Waals surface area contributed by atoms with Crippen molar-refractivity contribution in [1.82, 2.24) is 4.90 Å². The molecule has 2 fully saturated rings. The van der Waals surface area contributed by atoms with Crippen LogP contribution in [0, 0.1) is 11.3 Å². The summed E-state index contributed by atoms with van der Waals surface area (Å²) < 4.78 is 0. The lowest BCUT2D eigenvalue weighted by atomic mass is 9.67. The summed E-state index contributed by atoms with van der Waals surface area (Å²) >= 11 is 0. The fourth-order valence-corrected chi connectivity index (χ4v) is 2.83. The molecule has 3 nitrogen and oxygen atoms in total. The molecule has 3 heteroatoms. The monoisotopic (exact) mass is 211 g/mol. The van der Waals surface area contributed by atoms with E-state index in [9.17, 15) is 4.79 Å². The first-order valence-electron chi connectivity index (χ1n) is 6.08. The molecule has 86 valence electrons. The minimum Gasteiger partial charge on any atom is -0.396 e. The minimum atomic E-state index is 0.154. The predicted molar refractivity (Wildman–Crippen MR) is 58.3 cm³/mol. The summed E-state index contributed by atoms with van der Waals surface area (Å²) in [6.45, 7) is 4.08. The fourth-order valence-electron chi connectivity index (χ4n) is 2.83. The van der Waals surface area contributed by atoms with Crippen LogP contribution >= 0.6 is 0 Å². The summed E-state index contributed by atoms with van der Waals surface area (Å²) in [6.07, 6.45) is 5.60. The number of hydrogen-bond acceptors (Lipinski definition) is 2. The lowest BCUT2D eigenvalue weighted by Crippen LogP contribution is -2.42. The van der Waals surface area contributed by atoms with Crippen molar-refractivity contribution in [1.29, 1.82) is 0 Å². The number of hydrogen-bond donors (Lipinski definition) is 1. The van der Waals surface area contributed by atoms with E-state index in [4.69, 9.17) is 5.11 Å². The third kappa shape index (κ3) is 2.03. The average molecular weight is 211 g/mol. The molecule has 2 aliphatic rings. The quantitative estimate of drug-likeness (QED) is 0.763. The van der Waals surface area contributed by atoms with Crippen LogP contribution in [-0.2, 0) is 4.79 Å². The van der Waals surface area contributed by atoms with Gasteiger partial charge in [0.25, 0.3) is 0 Å². The first kappa shape index (κ1) is 10.9. The molecule has 1 aliphatic carbocycles. The van der Waals surface area contributed by atoms with Gasteiger partial charge in [-0.05, 0) is 24.7 Å². The lowest BCUT2D eigenvalue weighted by molar-refractivity contribution is -0.130. The molecule has 0 bridgehead atoms. The molecule has 0 aromatic carbocycles. The average Bonchev–Trinajstić information content (AvgIpc) is 2.53. The highest BCUT2D eigenvalue weighted by Gasteiger charge is 2.40. The molecular weight excluding hydrogens is 190 g/mol. The Hall–Kier alpha value is -0.570. The first-order chi connectivity index (χ1) is 7.19. The molecule has 0 aromatic heterocycles. The summed E-state index contributed by atoms with van der Waals surface area (Å²) in [6, 6.07) is 0. The highest BCUT2D eigenvalue weighted by atomic mass is 16.3. The third-order valence-electron chi connectivity index (χ3n) is 4.24. The van der Waals surface area contributed by atoms with Gasteiger partial charge >= 0.3 is 0 Å². The Kier molecular flexibility index (Phi) is 3.01. The molecule has 1 N–H and O–H groups in total. The van der Waals surface area contributed by atoms with E-state index >= 15 is 0 Å². The van der Waals surface area contributed by atoms with Crippen molar-refractivity contribution >= 4 is 5.91 Å². The Morgan fingerprint density at radius 3 is 2.67 bits per heavy atom. The van der Waals surface area contributed by atoms with Crippen molar-refractivity contribution in [2.75, 3.05) is 19.7 Å². The van der Waals surface area contributed by atoms with Crippen molar-refractivity contribution in [2.24, 2.45) is 11.3 Å². The molecule has 1 aliphatic heterocycles. The van der Waals surface area contributed by atoms with Crippen molar-refractivity contribution in [3.05, 3.63) is 0 Å². The van der Waals surface area contributed by atoms with Crippen LogP contribution in [0.5, 0.6) is 0 Å². The van der Waals surface area contributed by atoms with Crippen LogP contribution in [0.3, 0.4) is 0 Å². The Balaban J connectivity index is 1.91. The number of rotatable bonds is 4. The summed E-state index contributed by atoms with van der Waals surface area (Å²) in [5, 5.41) is 9.05. The minimum absolute atomic E-state index is 0.154. The first-order valence-corrected chi connectivity index (χ1v) is 6.08. The van der Waals surface area contributed by atoms with Gasteiger partial charge in [-0.3, -0.25) is 4.79 Å². The Labute approximate surface area is 91.5 Å². The zero-order valence-electron chi connectivity index (χ0n) is 9.54. The van der Waals surface area contributed by atoms with Crippen molar-refractivity contribution in [3.63, 3.8) is 0 Å². The third-order valence-corrected chi connectivity index (χ3v) is 4.24. The highest BCUT2D eigenvalue weighted by molar-refractivity contribution is 5.78. The zero-order chi connectivity index (χ0) is 10.9. The van der Waals surface area contributed by atoms with Gasteiger partial charge in [0.1, 0.15) is 0 Å². The summed E-state index contributed by atoms with van der Waals surface area (Å²) in [4.78, 5) is 13.7. The SMILES string of the molecule is CCC1(CN2CC(CO)CC2=O)CCC1. The molecular formula is C12H21NO2. The van der Waals surface area contributed by atoms with E-state index in [2.05, 4.69) is 6.92 Å². The maximum Gasteiger partial charge on any atom is 0.223 e. The molecule has 15 heavy (non-hydrogen) atoms. The smallest absolute Gasteiger partial charge is 0.223 e. The van der Waals surface area contributed by atoms with Gasteiger partial charge in [0, 0.05) is 32.0 Å². The Morgan fingerprint density at radius 2 is 2.27 bits per heavy atom. The van der Waals surface area contributed by atoms with E-state index in [0.29, 0.717) is 11.8 Å². The number of likely N-dealkylation sites (tertiary alicyclic amines) is 1. The van der Waals surface area contributed by atoms with E-state index < -0.39 is 0 Å². The second-order valence-corrected chi connectivity index (χ2v) is 5.23. The van der Waals surface area contributed by atoms with Crippen LogP contribution in [0.1, 0.15) is 39.0 Å². The zero-order valence-corrected chi connectivity index (χ0v) is 9.54. The van der Waals surface area contributed by atoms with Crippen LogP contribution in [0.25, 0.3) is 0 Å². The topological polar surface area (TPSA) is 40.5 Å². The maximum absolute atomic E-state index is 11.7. The van der Waals surface area contributed by atoms with Gasteiger partial charge in [-0.2, -0.15) is 0 Å². The molecule has 1 atom stereocenters. The van der Waals surface area contributed by atoms with E-state index in [-0.39, 0.29) is 18.4 Å². The van der Waals surface area contributed by atoms with Gasteiger partial charge in [-0.15, -0.1) is 0 Å². The summed E-state index contributed by atoms with van der Waals surface area (Å²) in [5.74, 6) is 0.431. The second-order valence-electron chi connectivity index (χ2n) is 5.23. The molecule has 1 amide bonds. The summed E-state index contributed by atoms with van der Waals surface area (Å²) in [7, 11) is 0. The molecule has 1 saturated heterocycles. The van der Waals surface area contributed by atoms with E-state index in [1.54, 1.807) is 0 Å². The van der Waals surface area contributed by atoms with Gasteiger partial charge < -0.3 is 10.0 Å². The number of carbonyl (C=O) groups is 1. The van der Waals surface area contributed by atoms with Gasteiger partial charge in [0.2, 0.25) is 5.91 Å². The number of aliphatic hydroxyl groups is 1. The normalized spacial score (nSPS) is 29.3. The van der Waals surface area contributed by atoms with E-state index in [1.165, 1.54) is 25.7 Å². The predicted octanol–water partition coefficient (Wildman–Crippen LogP) is 1.41. The van der Waals surface area contributed by atoms with Crippen LogP contribution in [0.2, 0.25) is 0 Å². The number of aliphatic hydroxyl groups excluding tert-OH is 1. The maximum atomic E-state index is 11.7. The van der Waals surface area contributed by atoms with Crippen LogP contribution in [0.4, 0.5) is 0 Å². The molecule has 0 radical (unpaired) electrons. The van der Waals surface area contributed by atoms with Crippen LogP contribution in [0.15, 0.2) is 0 Å². The number of amides is 1. The molecule has 0 aromatic rings. The summed E-state index contributed by atoms with van der Waals surface area (Å²) in [5.41, 5.74) is 0.417. The molecule has 1 unspecified atom stereocenters. The molecule has 2 rings (SSSR count). The lowest BCUT2D eigenvalue weighted by Gasteiger charge is -2.43. The molecule has 1 saturated carbocycles. The fraction of sp³-hybridized carbons (Fsp3) is 0.917. The van der Waals surface area contributed by atoms with Gasteiger partial charge in [0.05, 0.1) is 0 Å². The Morgan fingerprint density at radius 1 is 1.53 bits per heavy atom. The van der Waals surface area contributed by atoms with E-state index in [1.807, 2.05) is 4.90 Å². The largest absolute Gasteiger partial charge is 0.396 e. The van der Waals surface area contributed by atoms with Crippen molar-refractivity contribution < 1.29 is 9.90 Å². The highest BCUT2D eigenvalue weighted by Crippen LogP contribution is 2.45. The number of nitrogens with zero attached hydrogens (tertiary/aromatic N) is 1. The standard InChI is InChI=1S/C12H21NO2/c1-2-12(4-3-5-12)9-13-7-10(8-14)6-11(13)15/h10,14H,2-9H2,1H3. The van der Waals surface area contributed by atoms with E-state index in [0.717, 1.165) is 13.1 Å². The molecule has 0 spiro atoms. The molecule has 1 heterocycles. The van der Waals surface area contributed by atoms with Crippen LogP contribution < -0.4 is 0 Å². The van der Waals surface area contributed by atoms with Gasteiger partial charge in [-0.25, -0.2) is 0 Å². The Bertz CT molecular complexity index is 242. The van der Waals surface area contributed by atoms with Crippen molar-refractivity contribution in [3.8, 4) is 0 Å². The van der Waals surface area contributed by atoms with Crippen LogP contribution in [-0.4, -0.2) is 35.6 Å². The second kappa shape index (κ2) is 4.12. The number of carbonyl (C=O) groups excluding carboxylic acids is 1. The van der Waals surface area contributed by atoms with Gasteiger partial charge in [0.15, 0.2) is 0 Å². The van der Waals surface area contributed by atoms with Crippen molar-refractivity contribution in [2.45, 2.75) is 39.0 Å².